The molecule has 0 radical (unpaired) electrons. The van der Waals surface area contributed by atoms with Crippen molar-refractivity contribution in [1.29, 1.82) is 0 Å². The van der Waals surface area contributed by atoms with E-state index in [0.29, 0.717) is 24.9 Å². The van der Waals surface area contributed by atoms with Crippen molar-refractivity contribution in [2.45, 2.75) is 52.1 Å². The zero-order chi connectivity index (χ0) is 31.1. The Labute approximate surface area is 255 Å². The lowest BCUT2D eigenvalue weighted by molar-refractivity contribution is -0.137. The summed E-state index contributed by atoms with van der Waals surface area (Å²) in [5.74, 6) is 0.677. The maximum atomic E-state index is 15.2. The van der Waals surface area contributed by atoms with E-state index in [0.717, 1.165) is 59.4 Å². The normalized spacial score (nSPS) is 11.7. The molecule has 0 saturated heterocycles. The number of halogens is 4. The molecule has 0 N–H and O–H groups in total. The van der Waals surface area contributed by atoms with Crippen molar-refractivity contribution in [1.82, 2.24) is 14.5 Å². The Balaban J connectivity index is 1.61. The van der Waals surface area contributed by atoms with Crippen LogP contribution >= 0.6 is 0 Å². The molecule has 5 rings (SSSR count). The van der Waals surface area contributed by atoms with Gasteiger partial charge in [0.2, 0.25) is 0 Å². The molecule has 44 heavy (non-hydrogen) atoms. The van der Waals surface area contributed by atoms with Crippen LogP contribution < -0.4 is 4.74 Å². The van der Waals surface area contributed by atoms with Gasteiger partial charge in [0.05, 0.1) is 24.1 Å². The lowest BCUT2D eigenvalue weighted by Crippen LogP contribution is -2.25. The number of hydrogen-bond donors (Lipinski definition) is 0. The molecular weight excluding hydrogens is 566 g/mol. The van der Waals surface area contributed by atoms with Gasteiger partial charge in [-0.05, 0) is 36.2 Å². The number of alkyl halides is 3. The lowest BCUT2D eigenvalue weighted by atomic mass is 10.1. The van der Waals surface area contributed by atoms with Gasteiger partial charge in [0.1, 0.15) is 17.4 Å². The summed E-state index contributed by atoms with van der Waals surface area (Å²) >= 11 is 0. The zero-order valence-corrected chi connectivity index (χ0v) is 24.8. The number of unbranched alkanes of at least 4 members (excludes halogenated alkanes) is 1. The van der Waals surface area contributed by atoms with Crippen molar-refractivity contribution in [2.24, 2.45) is 0 Å². The minimum Gasteiger partial charge on any atom is -0.497 e. The van der Waals surface area contributed by atoms with Crippen molar-refractivity contribution in [2.75, 3.05) is 7.11 Å². The van der Waals surface area contributed by atoms with E-state index in [9.17, 15) is 13.2 Å². The van der Waals surface area contributed by atoms with Crippen LogP contribution in [0.25, 0.3) is 22.6 Å². The maximum Gasteiger partial charge on any atom is 0.416 e. The lowest BCUT2D eigenvalue weighted by Gasteiger charge is -2.25. The fraction of sp³-hybridized carbons (Fsp3) is 0.250. The molecule has 0 atom stereocenters. The zero-order valence-electron chi connectivity index (χ0n) is 24.8. The molecule has 0 unspecified atom stereocenters. The number of aromatic nitrogens is 2. The molecule has 0 aliphatic heterocycles. The van der Waals surface area contributed by atoms with Gasteiger partial charge < -0.3 is 9.30 Å². The molecule has 0 spiro atoms. The Kier molecular flexibility index (Phi) is 9.80. The summed E-state index contributed by atoms with van der Waals surface area (Å²) in [6.45, 7) is 3.80. The van der Waals surface area contributed by atoms with Gasteiger partial charge in [0, 0.05) is 42.9 Å². The summed E-state index contributed by atoms with van der Waals surface area (Å²) in [5, 5.41) is 0. The van der Waals surface area contributed by atoms with Gasteiger partial charge >= 0.3 is 6.18 Å². The predicted molar refractivity (Wildman–Crippen MR) is 165 cm³/mol. The monoisotopic (exact) mass is 601 g/mol. The van der Waals surface area contributed by atoms with Crippen LogP contribution in [0.3, 0.4) is 0 Å². The van der Waals surface area contributed by atoms with Crippen LogP contribution in [-0.2, 0) is 32.4 Å². The van der Waals surface area contributed by atoms with Crippen LogP contribution in [-0.4, -0.2) is 21.6 Å². The fourth-order valence-corrected chi connectivity index (χ4v) is 5.30. The number of hydrogen-bond acceptors (Lipinski definition) is 3. The number of nitrogens with zero attached hydrogens (tertiary/aromatic N) is 3. The summed E-state index contributed by atoms with van der Waals surface area (Å²) in [6, 6.07) is 30.3. The first-order chi connectivity index (χ1) is 21.3. The molecule has 1 aromatic heterocycles. The summed E-state index contributed by atoms with van der Waals surface area (Å²) in [4.78, 5) is 7.22. The van der Waals surface area contributed by atoms with E-state index < -0.39 is 17.6 Å². The van der Waals surface area contributed by atoms with Gasteiger partial charge in [0.25, 0.3) is 0 Å². The number of ether oxygens (including phenoxy) is 1. The Morgan fingerprint density at radius 1 is 0.795 bits per heavy atom. The summed E-state index contributed by atoms with van der Waals surface area (Å²) < 4.78 is 62.6. The molecule has 0 fully saturated rings. The van der Waals surface area contributed by atoms with Crippen LogP contribution in [0.1, 0.15) is 42.1 Å². The first kappa shape index (κ1) is 31.0. The molecular formula is C36H35F4N3O. The summed E-state index contributed by atoms with van der Waals surface area (Å²) in [5.41, 5.74) is 3.88. The van der Waals surface area contributed by atoms with E-state index >= 15 is 4.39 Å². The average Bonchev–Trinajstić information content (AvgIpc) is 3.39. The van der Waals surface area contributed by atoms with Gasteiger partial charge in [-0.3, -0.25) is 4.90 Å². The van der Waals surface area contributed by atoms with Crippen LogP contribution in [0.4, 0.5) is 17.6 Å². The molecule has 228 valence electrons. The van der Waals surface area contributed by atoms with Crippen molar-refractivity contribution in [3.8, 4) is 28.4 Å². The van der Waals surface area contributed by atoms with Crippen molar-refractivity contribution < 1.29 is 22.3 Å². The molecule has 0 aliphatic rings. The standard InChI is InChI=1S/C36H35F4N3O/c1-3-4-21-43-33(34(27-11-7-5-8-12-27)41-35(43)28-13-9-6-10-14-28)25-42(23-26-15-19-31(44-2)20-16-26)24-29-17-18-30(22-32(29)37)36(38,39)40/h5-20,22H,3-4,21,23-25H2,1-2H3. The Hall–Kier alpha value is -4.43. The summed E-state index contributed by atoms with van der Waals surface area (Å²) in [6.07, 6.45) is -2.70. The van der Waals surface area contributed by atoms with Gasteiger partial charge in [0.15, 0.2) is 0 Å². The first-order valence-corrected chi connectivity index (χ1v) is 14.7. The number of benzene rings is 4. The van der Waals surface area contributed by atoms with E-state index in [1.807, 2.05) is 89.8 Å². The second-order valence-electron chi connectivity index (χ2n) is 10.8. The van der Waals surface area contributed by atoms with Crippen molar-refractivity contribution in [3.05, 3.63) is 131 Å². The highest BCUT2D eigenvalue weighted by Gasteiger charge is 2.31. The second kappa shape index (κ2) is 13.9. The number of methoxy groups -OCH3 is 1. The molecule has 8 heteroatoms. The van der Waals surface area contributed by atoms with Gasteiger partial charge in [-0.15, -0.1) is 0 Å². The van der Waals surface area contributed by atoms with E-state index in [2.05, 4.69) is 11.5 Å². The summed E-state index contributed by atoms with van der Waals surface area (Å²) in [7, 11) is 1.60. The second-order valence-corrected chi connectivity index (χ2v) is 10.8. The third-order valence-corrected chi connectivity index (χ3v) is 7.60. The first-order valence-electron chi connectivity index (χ1n) is 14.7. The van der Waals surface area contributed by atoms with E-state index in [1.54, 1.807) is 7.11 Å². The van der Waals surface area contributed by atoms with Gasteiger partial charge in [-0.25, -0.2) is 9.37 Å². The largest absolute Gasteiger partial charge is 0.497 e. The molecule has 4 aromatic carbocycles. The third kappa shape index (κ3) is 7.37. The fourth-order valence-electron chi connectivity index (χ4n) is 5.30. The van der Waals surface area contributed by atoms with Crippen molar-refractivity contribution >= 4 is 0 Å². The quantitative estimate of drug-likeness (QED) is 0.134. The molecule has 0 amide bonds. The molecule has 0 aliphatic carbocycles. The van der Waals surface area contributed by atoms with Crippen molar-refractivity contribution in [3.63, 3.8) is 0 Å². The van der Waals surface area contributed by atoms with E-state index in [4.69, 9.17) is 9.72 Å². The molecule has 0 bridgehead atoms. The minimum atomic E-state index is -4.62. The Morgan fingerprint density at radius 3 is 2.05 bits per heavy atom. The average molecular weight is 602 g/mol. The molecule has 4 nitrogen and oxygen atoms in total. The highest BCUT2D eigenvalue weighted by atomic mass is 19.4. The Bertz CT molecular complexity index is 1650. The highest BCUT2D eigenvalue weighted by molar-refractivity contribution is 5.68. The molecule has 0 saturated carbocycles. The van der Waals surface area contributed by atoms with E-state index in [-0.39, 0.29) is 12.1 Å². The smallest absolute Gasteiger partial charge is 0.416 e. The van der Waals surface area contributed by atoms with E-state index in [1.165, 1.54) is 6.07 Å². The molecule has 5 aromatic rings. The Morgan fingerprint density at radius 2 is 1.45 bits per heavy atom. The number of imidazole rings is 1. The van der Waals surface area contributed by atoms with Crippen LogP contribution in [0.2, 0.25) is 0 Å². The topological polar surface area (TPSA) is 30.3 Å². The maximum absolute atomic E-state index is 15.2. The third-order valence-electron chi connectivity index (χ3n) is 7.60. The van der Waals surface area contributed by atoms with Gasteiger partial charge in [-0.2, -0.15) is 13.2 Å². The van der Waals surface area contributed by atoms with Gasteiger partial charge in [-0.1, -0.05) is 92.2 Å². The highest BCUT2D eigenvalue weighted by Crippen LogP contribution is 2.33. The van der Waals surface area contributed by atoms with Crippen LogP contribution in [0.15, 0.2) is 103 Å². The molecule has 1 heterocycles. The minimum absolute atomic E-state index is 0.101. The van der Waals surface area contributed by atoms with Crippen LogP contribution in [0.5, 0.6) is 5.75 Å². The predicted octanol–water partition coefficient (Wildman–Crippen LogP) is 9.39. The van der Waals surface area contributed by atoms with Crippen LogP contribution in [0, 0.1) is 5.82 Å². The number of rotatable bonds is 12. The SMILES string of the molecule is CCCCn1c(-c2ccccc2)nc(-c2ccccc2)c1CN(Cc1ccc(OC)cc1)Cc1ccc(C(F)(F)F)cc1F.